The third kappa shape index (κ3) is 3.48. The Balaban J connectivity index is 1.46. The van der Waals surface area contributed by atoms with E-state index in [4.69, 9.17) is 9.26 Å². The highest BCUT2D eigenvalue weighted by Gasteiger charge is 2.58. The van der Waals surface area contributed by atoms with Gasteiger partial charge in [-0.3, -0.25) is 9.59 Å². The molecule has 0 spiro atoms. The summed E-state index contributed by atoms with van der Waals surface area (Å²) in [5.74, 6) is 0.144. The summed E-state index contributed by atoms with van der Waals surface area (Å²) in [6.45, 7) is 1.53. The molecule has 3 heterocycles. The van der Waals surface area contributed by atoms with Crippen molar-refractivity contribution in [2.45, 2.75) is 50.9 Å². The van der Waals surface area contributed by atoms with Gasteiger partial charge in [-0.25, -0.2) is 9.69 Å². The van der Waals surface area contributed by atoms with Crippen LogP contribution in [0.15, 0.2) is 40.9 Å². The van der Waals surface area contributed by atoms with Crippen molar-refractivity contribution in [1.29, 1.82) is 0 Å². The molecule has 1 aromatic heterocycles. The summed E-state index contributed by atoms with van der Waals surface area (Å²) in [5.41, 5.74) is 0.465. The first kappa shape index (κ1) is 19.7. The highest BCUT2D eigenvalue weighted by Crippen LogP contribution is 2.43. The maximum Gasteiger partial charge on any atom is 0.332 e. The van der Waals surface area contributed by atoms with Crippen LogP contribution in [0.2, 0.25) is 0 Å². The molecule has 3 fully saturated rings. The van der Waals surface area contributed by atoms with E-state index < -0.39 is 24.1 Å². The minimum absolute atomic E-state index is 0.0478. The number of nitrogens with one attached hydrogen (secondary N) is 1. The molecule has 1 saturated carbocycles. The van der Waals surface area contributed by atoms with Gasteiger partial charge in [0.15, 0.2) is 11.9 Å². The van der Waals surface area contributed by atoms with Crippen LogP contribution in [0.1, 0.15) is 31.4 Å². The Hall–Kier alpha value is -3.20. The minimum atomic E-state index is -0.770. The number of ether oxygens (including phenoxy) is 1. The predicted molar refractivity (Wildman–Crippen MR) is 110 cm³/mol. The number of fused-ring (bicyclic) bond motifs is 3. The van der Waals surface area contributed by atoms with Crippen molar-refractivity contribution in [2.24, 2.45) is 5.92 Å². The van der Waals surface area contributed by atoms with Crippen LogP contribution in [-0.2, 0) is 14.3 Å². The zero-order chi connectivity index (χ0) is 21.5. The zero-order valence-corrected chi connectivity index (χ0v) is 17.2. The number of aromatic nitrogens is 1. The molecule has 4 unspecified atom stereocenters. The molecule has 9 heteroatoms. The van der Waals surface area contributed by atoms with Crippen LogP contribution in [-0.4, -0.2) is 52.7 Å². The third-order valence-electron chi connectivity index (χ3n) is 6.31. The number of para-hydroxylation sites is 1. The first-order valence-electron chi connectivity index (χ1n) is 10.6. The number of benzene rings is 1. The van der Waals surface area contributed by atoms with Crippen LogP contribution in [0.3, 0.4) is 0 Å². The number of carbonyl (C=O) groups is 3. The van der Waals surface area contributed by atoms with E-state index in [0.717, 1.165) is 30.6 Å². The molecule has 4 amide bonds. The summed E-state index contributed by atoms with van der Waals surface area (Å²) in [7, 11) is 0. The van der Waals surface area contributed by atoms with Gasteiger partial charge in [0.1, 0.15) is 12.3 Å². The maximum absolute atomic E-state index is 13.5. The first-order valence-corrected chi connectivity index (χ1v) is 10.6. The van der Waals surface area contributed by atoms with Gasteiger partial charge in [0.2, 0.25) is 5.91 Å². The monoisotopic (exact) mass is 424 g/mol. The Morgan fingerprint density at radius 1 is 1.19 bits per heavy atom. The highest BCUT2D eigenvalue weighted by atomic mass is 16.5. The van der Waals surface area contributed by atoms with Crippen molar-refractivity contribution >= 4 is 29.4 Å². The molecule has 2 aromatic rings. The zero-order valence-electron chi connectivity index (χ0n) is 17.2. The lowest BCUT2D eigenvalue weighted by atomic mass is 9.81. The molecule has 1 aliphatic carbocycles. The van der Waals surface area contributed by atoms with Crippen molar-refractivity contribution in [3.63, 3.8) is 0 Å². The summed E-state index contributed by atoms with van der Waals surface area (Å²) in [6.07, 6.45) is 2.96. The van der Waals surface area contributed by atoms with Gasteiger partial charge in [0.25, 0.3) is 5.91 Å². The molecule has 3 aliphatic rings. The number of rotatable bonds is 4. The average molecular weight is 424 g/mol. The van der Waals surface area contributed by atoms with Crippen molar-refractivity contribution < 1.29 is 23.6 Å². The van der Waals surface area contributed by atoms with Gasteiger partial charge in [0.05, 0.1) is 17.8 Å². The number of imide groups is 1. The van der Waals surface area contributed by atoms with Crippen molar-refractivity contribution in [3.8, 4) is 0 Å². The SMILES string of the molecule is Cc1cc(NC(=O)CN2C(=O)N(c3ccccc3)C(=O)C3OC4CCCCC4C32)no1. The molecule has 0 bridgehead atoms. The summed E-state index contributed by atoms with van der Waals surface area (Å²) >= 11 is 0. The number of nitrogens with zero attached hydrogens (tertiary/aromatic N) is 3. The Morgan fingerprint density at radius 2 is 1.97 bits per heavy atom. The molecule has 9 nitrogen and oxygen atoms in total. The molecular weight excluding hydrogens is 400 g/mol. The van der Waals surface area contributed by atoms with Gasteiger partial charge in [-0.15, -0.1) is 0 Å². The fourth-order valence-electron chi connectivity index (χ4n) is 5.01. The molecule has 1 aromatic carbocycles. The summed E-state index contributed by atoms with van der Waals surface area (Å²) in [4.78, 5) is 42.2. The van der Waals surface area contributed by atoms with Crippen molar-refractivity contribution in [2.75, 3.05) is 16.8 Å². The van der Waals surface area contributed by atoms with E-state index in [2.05, 4.69) is 10.5 Å². The molecule has 4 atom stereocenters. The first-order chi connectivity index (χ1) is 15.0. The number of hydrogen-bond acceptors (Lipinski definition) is 6. The summed E-state index contributed by atoms with van der Waals surface area (Å²) in [6, 6.07) is 9.41. The molecule has 1 N–H and O–H groups in total. The Labute approximate surface area is 179 Å². The lowest BCUT2D eigenvalue weighted by Crippen LogP contribution is -2.65. The van der Waals surface area contributed by atoms with E-state index in [1.807, 2.05) is 6.07 Å². The summed E-state index contributed by atoms with van der Waals surface area (Å²) in [5, 5.41) is 6.44. The molecule has 31 heavy (non-hydrogen) atoms. The van der Waals surface area contributed by atoms with Gasteiger partial charge < -0.3 is 19.5 Å². The minimum Gasteiger partial charge on any atom is -0.363 e. The van der Waals surface area contributed by atoms with E-state index in [0.29, 0.717) is 11.4 Å². The molecule has 2 saturated heterocycles. The highest BCUT2D eigenvalue weighted by molar-refractivity contribution is 6.18. The quantitative estimate of drug-likeness (QED) is 0.809. The Morgan fingerprint density at radius 3 is 2.71 bits per heavy atom. The number of aryl methyl sites for hydroxylation is 1. The van der Waals surface area contributed by atoms with E-state index in [9.17, 15) is 14.4 Å². The second-order valence-electron chi connectivity index (χ2n) is 8.32. The molecule has 5 rings (SSSR count). The average Bonchev–Trinajstić information content (AvgIpc) is 3.35. The molecular formula is C22H24N4O5. The topological polar surface area (TPSA) is 105 Å². The smallest absolute Gasteiger partial charge is 0.332 e. The number of hydrogen-bond donors (Lipinski definition) is 1. The van der Waals surface area contributed by atoms with E-state index in [-0.39, 0.29) is 30.3 Å². The molecule has 0 radical (unpaired) electrons. The van der Waals surface area contributed by atoms with Gasteiger partial charge >= 0.3 is 6.03 Å². The van der Waals surface area contributed by atoms with Crippen LogP contribution in [0, 0.1) is 12.8 Å². The second-order valence-corrected chi connectivity index (χ2v) is 8.32. The van der Waals surface area contributed by atoms with E-state index in [1.54, 1.807) is 37.3 Å². The van der Waals surface area contributed by atoms with Gasteiger partial charge in [-0.05, 0) is 31.9 Å². The van der Waals surface area contributed by atoms with Crippen LogP contribution in [0.4, 0.5) is 16.3 Å². The number of amides is 4. The lowest BCUT2D eigenvalue weighted by molar-refractivity contribution is -0.133. The fourth-order valence-corrected chi connectivity index (χ4v) is 5.01. The number of urea groups is 1. The Bertz CT molecular complexity index is 1010. The fraction of sp³-hybridized carbons (Fsp3) is 0.455. The molecule has 162 valence electrons. The predicted octanol–water partition coefficient (Wildman–Crippen LogP) is 2.72. The number of carbonyl (C=O) groups excluding carboxylic acids is 3. The van der Waals surface area contributed by atoms with Crippen LogP contribution < -0.4 is 10.2 Å². The number of anilines is 2. The van der Waals surface area contributed by atoms with E-state index >= 15 is 0 Å². The third-order valence-corrected chi connectivity index (χ3v) is 6.31. The normalized spacial score (nSPS) is 27.8. The van der Waals surface area contributed by atoms with Crippen LogP contribution in [0.5, 0.6) is 0 Å². The van der Waals surface area contributed by atoms with Crippen molar-refractivity contribution in [1.82, 2.24) is 10.1 Å². The Kier molecular flexibility index (Phi) is 4.97. The largest absolute Gasteiger partial charge is 0.363 e. The van der Waals surface area contributed by atoms with Gasteiger partial charge in [0, 0.05) is 12.0 Å². The maximum atomic E-state index is 13.5. The van der Waals surface area contributed by atoms with Gasteiger partial charge in [-0.1, -0.05) is 36.2 Å². The van der Waals surface area contributed by atoms with E-state index in [1.165, 1.54) is 4.90 Å². The van der Waals surface area contributed by atoms with Crippen molar-refractivity contribution in [3.05, 3.63) is 42.2 Å². The standard InChI is InChI=1S/C22H24N4O5/c1-13-11-17(24-31-13)23-18(27)12-25-19-15-9-5-6-10-16(15)30-20(19)21(28)26(22(25)29)14-7-3-2-4-8-14/h2-4,7-8,11,15-16,19-20H,5-6,9-10,12H2,1H3,(H,23,24,27). The van der Waals surface area contributed by atoms with Gasteiger partial charge in [-0.2, -0.15) is 0 Å². The molecule has 2 aliphatic heterocycles. The lowest BCUT2D eigenvalue weighted by Gasteiger charge is -2.42. The second kappa shape index (κ2) is 7.81. The summed E-state index contributed by atoms with van der Waals surface area (Å²) < 4.78 is 11.2. The van der Waals surface area contributed by atoms with Crippen LogP contribution in [0.25, 0.3) is 0 Å². The van der Waals surface area contributed by atoms with Crippen LogP contribution >= 0.6 is 0 Å².